The SMILES string of the molecule is O=c1[nH]ccc2cc(N[C@H]3CC[C@@H](NCc4cccc(Cl)c4)CC3)ccc12. The van der Waals surface area contributed by atoms with E-state index < -0.39 is 0 Å². The Morgan fingerprint density at radius 1 is 1.00 bits per heavy atom. The molecule has 2 aromatic carbocycles. The lowest BCUT2D eigenvalue weighted by Gasteiger charge is -2.30. The highest BCUT2D eigenvalue weighted by Gasteiger charge is 2.20. The summed E-state index contributed by atoms with van der Waals surface area (Å²) in [6.45, 7) is 0.864. The van der Waals surface area contributed by atoms with Gasteiger partial charge < -0.3 is 15.6 Å². The van der Waals surface area contributed by atoms with Crippen LogP contribution in [0.2, 0.25) is 5.02 Å². The van der Waals surface area contributed by atoms with Gasteiger partial charge in [0.15, 0.2) is 0 Å². The number of anilines is 1. The third kappa shape index (κ3) is 4.52. The normalized spacial score (nSPS) is 19.9. The second kappa shape index (κ2) is 8.15. The number of H-pyrrole nitrogens is 1. The molecule has 3 aromatic rings. The van der Waals surface area contributed by atoms with Crippen molar-refractivity contribution < 1.29 is 0 Å². The molecule has 1 heterocycles. The second-order valence-corrected chi connectivity index (χ2v) is 7.75. The highest BCUT2D eigenvalue weighted by Crippen LogP contribution is 2.24. The van der Waals surface area contributed by atoms with E-state index in [2.05, 4.69) is 27.8 Å². The molecule has 4 nitrogen and oxygen atoms in total. The van der Waals surface area contributed by atoms with Gasteiger partial charge in [0.1, 0.15) is 0 Å². The van der Waals surface area contributed by atoms with Crippen LogP contribution in [0.1, 0.15) is 31.2 Å². The Kier molecular flexibility index (Phi) is 5.46. The van der Waals surface area contributed by atoms with Gasteiger partial charge in [0.05, 0.1) is 0 Å². The van der Waals surface area contributed by atoms with Crippen molar-refractivity contribution in [3.8, 4) is 0 Å². The number of halogens is 1. The van der Waals surface area contributed by atoms with Crippen LogP contribution in [0.4, 0.5) is 5.69 Å². The number of hydrogen-bond acceptors (Lipinski definition) is 3. The summed E-state index contributed by atoms with van der Waals surface area (Å²) in [7, 11) is 0. The molecule has 1 aromatic heterocycles. The Labute approximate surface area is 164 Å². The maximum atomic E-state index is 11.8. The van der Waals surface area contributed by atoms with E-state index in [0.29, 0.717) is 12.1 Å². The minimum absolute atomic E-state index is 0.0367. The first-order valence-electron chi connectivity index (χ1n) is 9.53. The topological polar surface area (TPSA) is 56.9 Å². The lowest BCUT2D eigenvalue weighted by Crippen LogP contribution is -2.36. The van der Waals surface area contributed by atoms with Crippen LogP contribution < -0.4 is 16.2 Å². The molecule has 0 radical (unpaired) electrons. The number of hydrogen-bond donors (Lipinski definition) is 3. The Morgan fingerprint density at radius 2 is 1.81 bits per heavy atom. The van der Waals surface area contributed by atoms with Crippen molar-refractivity contribution in [2.75, 3.05) is 5.32 Å². The van der Waals surface area contributed by atoms with Gasteiger partial charge in [0.2, 0.25) is 0 Å². The average Bonchev–Trinajstić information content (AvgIpc) is 2.68. The largest absolute Gasteiger partial charge is 0.382 e. The molecule has 0 amide bonds. The lowest BCUT2D eigenvalue weighted by molar-refractivity contribution is 0.353. The number of pyridine rings is 1. The first kappa shape index (κ1) is 18.1. The summed E-state index contributed by atoms with van der Waals surface area (Å²) in [4.78, 5) is 14.5. The summed E-state index contributed by atoms with van der Waals surface area (Å²) in [6.07, 6.45) is 6.30. The summed E-state index contributed by atoms with van der Waals surface area (Å²) in [6, 6.07) is 17.0. The fourth-order valence-electron chi connectivity index (χ4n) is 3.87. The summed E-state index contributed by atoms with van der Waals surface area (Å²) >= 11 is 6.05. The highest BCUT2D eigenvalue weighted by atomic mass is 35.5. The molecule has 0 saturated heterocycles. The molecule has 4 rings (SSSR count). The monoisotopic (exact) mass is 381 g/mol. The second-order valence-electron chi connectivity index (χ2n) is 7.31. The van der Waals surface area contributed by atoms with Gasteiger partial charge in [-0.25, -0.2) is 0 Å². The van der Waals surface area contributed by atoms with Gasteiger partial charge in [-0.3, -0.25) is 4.79 Å². The molecule has 0 bridgehead atoms. The molecule has 3 N–H and O–H groups in total. The third-order valence-corrected chi connectivity index (χ3v) is 5.59. The number of fused-ring (bicyclic) bond motifs is 1. The van der Waals surface area contributed by atoms with E-state index in [9.17, 15) is 4.79 Å². The lowest BCUT2D eigenvalue weighted by atomic mass is 9.90. The molecule has 1 fully saturated rings. The average molecular weight is 382 g/mol. The molecular weight excluding hydrogens is 358 g/mol. The van der Waals surface area contributed by atoms with E-state index in [1.807, 2.05) is 36.4 Å². The molecule has 5 heteroatoms. The molecule has 27 heavy (non-hydrogen) atoms. The number of rotatable bonds is 5. The zero-order valence-corrected chi connectivity index (χ0v) is 15.9. The van der Waals surface area contributed by atoms with E-state index in [1.54, 1.807) is 6.20 Å². The van der Waals surface area contributed by atoms with Gasteiger partial charge in [-0.1, -0.05) is 23.7 Å². The fraction of sp³-hybridized carbons (Fsp3) is 0.318. The molecule has 0 unspecified atom stereocenters. The van der Waals surface area contributed by atoms with E-state index in [4.69, 9.17) is 11.6 Å². The van der Waals surface area contributed by atoms with Crippen LogP contribution in [-0.4, -0.2) is 17.1 Å². The van der Waals surface area contributed by atoms with Gasteiger partial charge in [-0.05, 0) is 73.0 Å². The van der Waals surface area contributed by atoms with Crippen LogP contribution in [0, 0.1) is 0 Å². The molecular formula is C22H24ClN3O. The van der Waals surface area contributed by atoms with Crippen molar-refractivity contribution in [3.63, 3.8) is 0 Å². The minimum Gasteiger partial charge on any atom is -0.382 e. The Hall–Kier alpha value is -2.30. The Balaban J connectivity index is 1.30. The quantitative estimate of drug-likeness (QED) is 0.600. The molecule has 0 aliphatic heterocycles. The van der Waals surface area contributed by atoms with Crippen molar-refractivity contribution in [2.45, 2.75) is 44.3 Å². The molecule has 140 valence electrons. The Bertz CT molecular complexity index is 976. The van der Waals surface area contributed by atoms with E-state index >= 15 is 0 Å². The van der Waals surface area contributed by atoms with Gasteiger partial charge >= 0.3 is 0 Å². The number of nitrogens with one attached hydrogen (secondary N) is 3. The van der Waals surface area contributed by atoms with Gasteiger partial charge in [0, 0.05) is 40.9 Å². The maximum Gasteiger partial charge on any atom is 0.255 e. The van der Waals surface area contributed by atoms with Crippen LogP contribution in [0.3, 0.4) is 0 Å². The number of aromatic amines is 1. The minimum atomic E-state index is -0.0367. The van der Waals surface area contributed by atoms with Crippen molar-refractivity contribution in [3.05, 3.63) is 75.7 Å². The van der Waals surface area contributed by atoms with Crippen LogP contribution in [0.5, 0.6) is 0 Å². The molecule has 1 aliphatic rings. The third-order valence-electron chi connectivity index (χ3n) is 5.36. The summed E-state index contributed by atoms with van der Waals surface area (Å²) in [5.41, 5.74) is 2.28. The van der Waals surface area contributed by atoms with Crippen LogP contribution in [0.15, 0.2) is 59.5 Å². The smallest absolute Gasteiger partial charge is 0.255 e. The van der Waals surface area contributed by atoms with E-state index in [1.165, 1.54) is 5.56 Å². The predicted molar refractivity (Wildman–Crippen MR) is 113 cm³/mol. The van der Waals surface area contributed by atoms with Gasteiger partial charge in [-0.15, -0.1) is 0 Å². The molecule has 0 spiro atoms. The van der Waals surface area contributed by atoms with Crippen molar-refractivity contribution >= 4 is 28.1 Å². The van der Waals surface area contributed by atoms with Crippen molar-refractivity contribution in [1.29, 1.82) is 0 Å². The maximum absolute atomic E-state index is 11.8. The summed E-state index contributed by atoms with van der Waals surface area (Å²) in [5, 5.41) is 9.79. The predicted octanol–water partition coefficient (Wildman–Crippen LogP) is 4.69. The molecule has 1 aliphatic carbocycles. The van der Waals surface area contributed by atoms with Gasteiger partial charge in [0.25, 0.3) is 5.56 Å². The van der Waals surface area contributed by atoms with Crippen molar-refractivity contribution in [1.82, 2.24) is 10.3 Å². The Morgan fingerprint density at radius 3 is 2.63 bits per heavy atom. The zero-order valence-electron chi connectivity index (χ0n) is 15.2. The fourth-order valence-corrected chi connectivity index (χ4v) is 4.08. The first-order chi connectivity index (χ1) is 13.2. The highest BCUT2D eigenvalue weighted by molar-refractivity contribution is 6.30. The molecule has 1 saturated carbocycles. The van der Waals surface area contributed by atoms with Crippen LogP contribution in [-0.2, 0) is 6.54 Å². The molecule has 0 atom stereocenters. The van der Waals surface area contributed by atoms with Crippen LogP contribution >= 0.6 is 11.6 Å². The standard InChI is InChI=1S/C22H24ClN3O/c23-17-3-1-2-15(12-17)14-25-18-4-6-19(7-5-18)26-20-8-9-21-16(13-20)10-11-24-22(21)27/h1-3,8-13,18-19,25-26H,4-7,14H2,(H,24,27)/t18-,19+. The zero-order chi connectivity index (χ0) is 18.6. The van der Waals surface area contributed by atoms with E-state index in [0.717, 1.165) is 53.7 Å². The summed E-state index contributed by atoms with van der Waals surface area (Å²) < 4.78 is 0. The number of aromatic nitrogens is 1. The van der Waals surface area contributed by atoms with E-state index in [-0.39, 0.29) is 5.56 Å². The van der Waals surface area contributed by atoms with Crippen LogP contribution in [0.25, 0.3) is 10.8 Å². The van der Waals surface area contributed by atoms with Gasteiger partial charge in [-0.2, -0.15) is 0 Å². The first-order valence-corrected chi connectivity index (χ1v) is 9.91. The van der Waals surface area contributed by atoms with Crippen molar-refractivity contribution in [2.24, 2.45) is 0 Å². The summed E-state index contributed by atoms with van der Waals surface area (Å²) in [5.74, 6) is 0. The number of benzene rings is 2.